The number of nitrogens with one attached hydrogen (secondary N) is 1. The molecule has 26 heavy (non-hydrogen) atoms. The Bertz CT molecular complexity index is 726. The molecular formula is C18H22ClNO4S2. The Morgan fingerprint density at radius 2 is 1.81 bits per heavy atom. The first kappa shape index (κ1) is 22.6. The number of hydrogen-bond acceptors (Lipinski definition) is 6. The van der Waals surface area contributed by atoms with Gasteiger partial charge >= 0.3 is 5.97 Å². The van der Waals surface area contributed by atoms with E-state index in [0.29, 0.717) is 4.24 Å². The minimum Gasteiger partial charge on any atom is -0.465 e. The van der Waals surface area contributed by atoms with Gasteiger partial charge in [0.25, 0.3) is 5.91 Å². The Hall–Kier alpha value is -1.44. The van der Waals surface area contributed by atoms with Gasteiger partial charge in [-0.2, -0.15) is 0 Å². The average Bonchev–Trinajstić information content (AvgIpc) is 2.59. The molecule has 0 saturated heterocycles. The Balaban J connectivity index is 3.24. The molecule has 0 aliphatic carbocycles. The Labute approximate surface area is 167 Å². The number of hydrogen-bond donors (Lipinski definition) is 1. The van der Waals surface area contributed by atoms with Crippen LogP contribution in [0, 0.1) is 5.92 Å². The summed E-state index contributed by atoms with van der Waals surface area (Å²) >= 11 is 8.81. The Morgan fingerprint density at radius 1 is 1.19 bits per heavy atom. The first-order chi connectivity index (χ1) is 12.2. The van der Waals surface area contributed by atoms with Crippen LogP contribution in [0.3, 0.4) is 0 Å². The van der Waals surface area contributed by atoms with E-state index in [0.717, 1.165) is 0 Å². The third-order valence-corrected chi connectivity index (χ3v) is 5.79. The van der Waals surface area contributed by atoms with Crippen molar-refractivity contribution in [3.63, 3.8) is 0 Å². The maximum atomic E-state index is 12.8. The molecule has 0 aliphatic heterocycles. The summed E-state index contributed by atoms with van der Waals surface area (Å²) in [5, 5.41) is 2.91. The van der Waals surface area contributed by atoms with Crippen LogP contribution in [0.1, 0.15) is 30.6 Å². The zero-order chi connectivity index (χ0) is 19.9. The van der Waals surface area contributed by atoms with Gasteiger partial charge in [0.05, 0.1) is 27.6 Å². The number of carbonyl (C=O) groups is 3. The van der Waals surface area contributed by atoms with E-state index in [4.69, 9.17) is 11.6 Å². The molecule has 0 heterocycles. The number of amides is 1. The van der Waals surface area contributed by atoms with E-state index in [2.05, 4.69) is 10.1 Å². The fraction of sp³-hybridized carbons (Fsp3) is 0.389. The normalized spacial score (nSPS) is 10.4. The molecule has 8 heteroatoms. The number of ketones is 1. The van der Waals surface area contributed by atoms with E-state index in [9.17, 15) is 14.4 Å². The summed E-state index contributed by atoms with van der Waals surface area (Å²) in [5.74, 6) is -1.19. The summed E-state index contributed by atoms with van der Waals surface area (Å²) in [6, 6.07) is 4.42. The standard InChI is InChI=1S/C18H22ClNO4S2/c1-10(2)8-14(21)15(18(25-4)26-5)16(22)20-13-9-11(17(23)24-3)6-7-12(13)19/h6-7,9-10H,8H2,1-5H3,(H,20,22). The largest absolute Gasteiger partial charge is 0.465 e. The number of rotatable bonds is 8. The van der Waals surface area contributed by atoms with E-state index in [1.165, 1.54) is 48.8 Å². The van der Waals surface area contributed by atoms with Crippen molar-refractivity contribution in [1.82, 2.24) is 0 Å². The fourth-order valence-electron chi connectivity index (χ4n) is 2.14. The summed E-state index contributed by atoms with van der Waals surface area (Å²) in [6.45, 7) is 3.84. The van der Waals surface area contributed by atoms with E-state index in [1.54, 1.807) is 0 Å². The Kier molecular flexibility index (Phi) is 9.25. The van der Waals surface area contributed by atoms with Crippen LogP contribution >= 0.6 is 35.1 Å². The molecule has 0 fully saturated rings. The molecule has 1 N–H and O–H groups in total. The predicted molar refractivity (Wildman–Crippen MR) is 110 cm³/mol. The van der Waals surface area contributed by atoms with Crippen molar-refractivity contribution in [2.45, 2.75) is 20.3 Å². The van der Waals surface area contributed by atoms with Crippen LogP contribution < -0.4 is 5.32 Å². The van der Waals surface area contributed by atoms with Crippen molar-refractivity contribution >= 4 is 58.5 Å². The molecule has 0 saturated carbocycles. The summed E-state index contributed by atoms with van der Waals surface area (Å²) in [4.78, 5) is 37.1. The molecule has 0 radical (unpaired) electrons. The first-order valence-electron chi connectivity index (χ1n) is 7.79. The molecular weight excluding hydrogens is 394 g/mol. The highest BCUT2D eigenvalue weighted by molar-refractivity contribution is 8.21. The van der Waals surface area contributed by atoms with Crippen LogP contribution in [-0.2, 0) is 14.3 Å². The molecule has 0 atom stereocenters. The Morgan fingerprint density at radius 3 is 2.31 bits per heavy atom. The highest BCUT2D eigenvalue weighted by atomic mass is 35.5. The molecule has 0 spiro atoms. The quantitative estimate of drug-likeness (QED) is 0.289. The molecule has 1 rings (SSSR count). The minimum absolute atomic E-state index is 0.109. The van der Waals surface area contributed by atoms with Crippen molar-refractivity contribution in [1.29, 1.82) is 0 Å². The van der Waals surface area contributed by atoms with Crippen LogP contribution in [-0.4, -0.2) is 37.3 Å². The van der Waals surface area contributed by atoms with Gasteiger partial charge in [-0.25, -0.2) is 4.79 Å². The number of methoxy groups -OCH3 is 1. The van der Waals surface area contributed by atoms with Gasteiger partial charge in [0.2, 0.25) is 0 Å². The molecule has 1 aromatic rings. The second-order valence-corrected chi connectivity index (χ2v) is 8.03. The van der Waals surface area contributed by atoms with Gasteiger partial charge in [0.1, 0.15) is 5.57 Å². The van der Waals surface area contributed by atoms with Gasteiger partial charge in [0.15, 0.2) is 5.78 Å². The SMILES string of the molecule is COC(=O)c1ccc(Cl)c(NC(=O)C(C(=O)CC(C)C)=C(SC)SC)c1. The van der Waals surface area contributed by atoms with Crippen LogP contribution in [0.2, 0.25) is 5.02 Å². The second kappa shape index (κ2) is 10.6. The number of halogens is 1. The van der Waals surface area contributed by atoms with Gasteiger partial charge < -0.3 is 10.1 Å². The van der Waals surface area contributed by atoms with Crippen LogP contribution in [0.25, 0.3) is 0 Å². The van der Waals surface area contributed by atoms with Gasteiger partial charge in [0, 0.05) is 6.42 Å². The number of carbonyl (C=O) groups excluding carboxylic acids is 3. The fourth-order valence-corrected chi connectivity index (χ4v) is 3.80. The minimum atomic E-state index is -0.544. The average molecular weight is 416 g/mol. The third kappa shape index (κ3) is 6.07. The van der Waals surface area contributed by atoms with Gasteiger partial charge in [-0.1, -0.05) is 25.4 Å². The van der Waals surface area contributed by atoms with E-state index < -0.39 is 11.9 Å². The van der Waals surface area contributed by atoms with Gasteiger partial charge in [-0.3, -0.25) is 9.59 Å². The van der Waals surface area contributed by atoms with E-state index in [1.807, 2.05) is 26.4 Å². The van der Waals surface area contributed by atoms with Crippen LogP contribution in [0.5, 0.6) is 0 Å². The van der Waals surface area contributed by atoms with Gasteiger partial charge in [-0.15, -0.1) is 23.5 Å². The maximum Gasteiger partial charge on any atom is 0.337 e. The van der Waals surface area contributed by atoms with Crippen LogP contribution in [0.15, 0.2) is 28.0 Å². The molecule has 0 unspecified atom stereocenters. The number of thioether (sulfide) groups is 2. The summed E-state index contributed by atoms with van der Waals surface area (Å²) in [7, 11) is 1.27. The molecule has 142 valence electrons. The van der Waals surface area contributed by atoms with E-state index in [-0.39, 0.29) is 40.0 Å². The lowest BCUT2D eigenvalue weighted by atomic mass is 10.0. The number of esters is 1. The highest BCUT2D eigenvalue weighted by Gasteiger charge is 2.24. The monoisotopic (exact) mass is 415 g/mol. The number of benzene rings is 1. The lowest BCUT2D eigenvalue weighted by Gasteiger charge is -2.14. The number of anilines is 1. The number of ether oxygens (including phenoxy) is 1. The first-order valence-corrected chi connectivity index (χ1v) is 10.6. The molecule has 5 nitrogen and oxygen atoms in total. The lowest BCUT2D eigenvalue weighted by molar-refractivity contribution is -0.120. The van der Waals surface area contributed by atoms with Crippen molar-refractivity contribution in [2.24, 2.45) is 5.92 Å². The van der Waals surface area contributed by atoms with Crippen LogP contribution in [0.4, 0.5) is 5.69 Å². The van der Waals surface area contributed by atoms with Crippen molar-refractivity contribution < 1.29 is 19.1 Å². The smallest absolute Gasteiger partial charge is 0.337 e. The molecule has 1 amide bonds. The van der Waals surface area contributed by atoms with Crippen molar-refractivity contribution in [2.75, 3.05) is 24.9 Å². The zero-order valence-electron chi connectivity index (χ0n) is 15.3. The summed E-state index contributed by atoms with van der Waals surface area (Å²) in [5.41, 5.74) is 0.607. The van der Waals surface area contributed by atoms with E-state index >= 15 is 0 Å². The third-order valence-electron chi connectivity index (χ3n) is 3.31. The van der Waals surface area contributed by atoms with Gasteiger partial charge in [-0.05, 0) is 36.6 Å². The lowest BCUT2D eigenvalue weighted by Crippen LogP contribution is -2.23. The zero-order valence-corrected chi connectivity index (χ0v) is 17.7. The molecule has 0 aromatic heterocycles. The summed E-state index contributed by atoms with van der Waals surface area (Å²) < 4.78 is 5.31. The van der Waals surface area contributed by atoms with Crippen molar-refractivity contribution in [3.8, 4) is 0 Å². The highest BCUT2D eigenvalue weighted by Crippen LogP contribution is 2.31. The second-order valence-electron chi connectivity index (χ2n) is 5.73. The molecule has 1 aromatic carbocycles. The summed E-state index contributed by atoms with van der Waals surface area (Å²) in [6.07, 6.45) is 3.89. The maximum absolute atomic E-state index is 12.8. The topological polar surface area (TPSA) is 72.5 Å². The van der Waals surface area contributed by atoms with Crippen molar-refractivity contribution in [3.05, 3.63) is 38.6 Å². The molecule has 0 aliphatic rings. The predicted octanol–water partition coefficient (Wildman–Crippen LogP) is 4.62. The number of Topliss-reactive ketones (excluding diaryl/α,β-unsaturated/α-hetero) is 1. The molecule has 0 bridgehead atoms.